The maximum absolute atomic E-state index is 12.9. The summed E-state index contributed by atoms with van der Waals surface area (Å²) in [5.74, 6) is -0.166. The van der Waals surface area contributed by atoms with Crippen molar-refractivity contribution in [2.75, 3.05) is 40.9 Å². The van der Waals surface area contributed by atoms with E-state index in [1.807, 2.05) is 21.1 Å². The lowest BCUT2D eigenvalue weighted by Gasteiger charge is -2.30. The Hall–Kier alpha value is -1.28. The molecule has 8 nitrogen and oxygen atoms in total. The fourth-order valence-corrected chi connectivity index (χ4v) is 8.59. The number of amides is 1. The number of aliphatic hydroxyl groups is 1. The van der Waals surface area contributed by atoms with Gasteiger partial charge in [-0.25, -0.2) is 0 Å². The van der Waals surface area contributed by atoms with Crippen molar-refractivity contribution in [3.8, 4) is 0 Å². The molecule has 0 aliphatic rings. The molecule has 63 heavy (non-hydrogen) atoms. The monoisotopic (exact) mass is 909 g/mol. The van der Waals surface area contributed by atoms with Crippen molar-refractivity contribution in [3.05, 3.63) is 36.5 Å². The molecule has 0 radical (unpaired) electrons. The molecule has 9 heteroatoms. The number of carbonyl (C=O) groups excluding carboxylic acids is 1. The second-order valence-corrected chi connectivity index (χ2v) is 21.0. The van der Waals surface area contributed by atoms with Crippen LogP contribution in [0, 0.1) is 0 Å². The molecule has 0 aromatic rings. The third kappa shape index (κ3) is 48.5. The van der Waals surface area contributed by atoms with Gasteiger partial charge in [0.15, 0.2) is 0 Å². The van der Waals surface area contributed by atoms with Crippen LogP contribution in [0.5, 0.6) is 0 Å². The van der Waals surface area contributed by atoms with Crippen LogP contribution in [0.4, 0.5) is 0 Å². The minimum absolute atomic E-state index is 0.0128. The lowest BCUT2D eigenvalue weighted by molar-refractivity contribution is -0.870. The first-order valence-corrected chi connectivity index (χ1v) is 28.3. The van der Waals surface area contributed by atoms with E-state index in [0.29, 0.717) is 23.9 Å². The lowest BCUT2D eigenvalue weighted by Crippen LogP contribution is -2.46. The van der Waals surface area contributed by atoms with E-state index in [1.165, 1.54) is 173 Å². The smallest absolute Gasteiger partial charge is 0.268 e. The quantitative estimate of drug-likeness (QED) is 0.0272. The van der Waals surface area contributed by atoms with E-state index >= 15 is 0 Å². The summed E-state index contributed by atoms with van der Waals surface area (Å²) >= 11 is 0. The standard InChI is InChI=1S/C54H105N2O6P/c1-6-8-10-12-14-16-17-18-19-20-21-22-23-24-25-26-27-28-29-30-31-32-33-34-35-36-37-38-39-40-42-44-46-48-54(58)55-52(51-62-63(59,60)61-50-49-56(3,4)5)53(57)47-45-43-41-15-13-11-9-7-2/h17-18,20-21,23-24,52-53,57H,6-16,19,22,25-51H2,1-5H3,(H-,55,58,59,60)/b18-17-,21-20-,24-23-. The van der Waals surface area contributed by atoms with E-state index in [2.05, 4.69) is 55.6 Å². The number of carbonyl (C=O) groups is 1. The number of nitrogens with zero attached hydrogens (tertiary/aromatic N) is 1. The zero-order chi connectivity index (χ0) is 46.4. The molecule has 1 amide bonds. The number of unbranched alkanes of at least 4 members (excludes halogenated alkanes) is 30. The van der Waals surface area contributed by atoms with Crippen LogP contribution < -0.4 is 10.2 Å². The van der Waals surface area contributed by atoms with E-state index in [1.54, 1.807) is 0 Å². The van der Waals surface area contributed by atoms with E-state index in [4.69, 9.17) is 9.05 Å². The Bertz CT molecular complexity index is 1120. The molecule has 372 valence electrons. The van der Waals surface area contributed by atoms with Gasteiger partial charge in [0.05, 0.1) is 39.9 Å². The highest BCUT2D eigenvalue weighted by Gasteiger charge is 2.24. The fraction of sp³-hybridized carbons (Fsp3) is 0.870. The van der Waals surface area contributed by atoms with Gasteiger partial charge >= 0.3 is 0 Å². The summed E-state index contributed by atoms with van der Waals surface area (Å²) in [6.07, 6.45) is 57.7. The molecule has 0 heterocycles. The van der Waals surface area contributed by atoms with E-state index in [-0.39, 0.29) is 19.1 Å². The van der Waals surface area contributed by atoms with Gasteiger partial charge in [-0.05, 0) is 51.4 Å². The van der Waals surface area contributed by atoms with Crippen LogP contribution in [0.15, 0.2) is 36.5 Å². The largest absolute Gasteiger partial charge is 0.756 e. The van der Waals surface area contributed by atoms with Crippen molar-refractivity contribution in [1.82, 2.24) is 5.32 Å². The van der Waals surface area contributed by atoms with E-state index in [9.17, 15) is 19.4 Å². The zero-order valence-electron chi connectivity index (χ0n) is 42.3. The van der Waals surface area contributed by atoms with E-state index < -0.39 is 20.0 Å². The summed E-state index contributed by atoms with van der Waals surface area (Å²) in [5.41, 5.74) is 0. The molecule has 3 atom stereocenters. The Morgan fingerprint density at radius 2 is 0.921 bits per heavy atom. The summed E-state index contributed by atoms with van der Waals surface area (Å²) in [4.78, 5) is 25.3. The van der Waals surface area contributed by atoms with Gasteiger partial charge in [-0.15, -0.1) is 0 Å². The van der Waals surface area contributed by atoms with Gasteiger partial charge in [-0.1, -0.05) is 230 Å². The second kappa shape index (κ2) is 45.9. The highest BCUT2D eigenvalue weighted by Crippen LogP contribution is 2.38. The molecular weight excluding hydrogens is 804 g/mol. The number of nitrogens with one attached hydrogen (secondary N) is 1. The van der Waals surface area contributed by atoms with Gasteiger partial charge in [0, 0.05) is 6.42 Å². The first kappa shape index (κ1) is 61.7. The molecule has 0 bridgehead atoms. The number of hydrogen-bond acceptors (Lipinski definition) is 6. The third-order valence-corrected chi connectivity index (χ3v) is 13.1. The first-order chi connectivity index (χ1) is 30.5. The number of phosphoric ester groups is 1. The highest BCUT2D eigenvalue weighted by molar-refractivity contribution is 7.45. The topological polar surface area (TPSA) is 108 Å². The SMILES string of the molecule is CCCCCCC/C=C\C/C=C\C/C=C\CCCCCCCCCCCCCCCCCCCCC(=O)NC(COP(=O)([O-])OCC[N+](C)(C)C)C(O)CCCCCCCCCC. The average molecular weight is 909 g/mol. The zero-order valence-corrected chi connectivity index (χ0v) is 43.2. The molecule has 0 aliphatic carbocycles. The van der Waals surface area contributed by atoms with Crippen LogP contribution in [0.1, 0.15) is 251 Å². The lowest BCUT2D eigenvalue weighted by atomic mass is 10.0. The number of quaternary nitrogens is 1. The molecule has 2 N–H and O–H groups in total. The molecule has 0 aromatic carbocycles. The molecule has 0 fully saturated rings. The minimum atomic E-state index is -4.56. The van der Waals surface area contributed by atoms with Gasteiger partial charge in [0.2, 0.25) is 5.91 Å². The normalized spacial score (nSPS) is 14.3. The second-order valence-electron chi connectivity index (χ2n) is 19.6. The third-order valence-electron chi connectivity index (χ3n) is 12.1. The van der Waals surface area contributed by atoms with Crippen LogP contribution in [0.3, 0.4) is 0 Å². The van der Waals surface area contributed by atoms with Crippen molar-refractivity contribution >= 4 is 13.7 Å². The molecule has 3 unspecified atom stereocenters. The van der Waals surface area contributed by atoms with Crippen LogP contribution in [0.25, 0.3) is 0 Å². The summed E-state index contributed by atoms with van der Waals surface area (Å²) < 4.78 is 23.2. The van der Waals surface area contributed by atoms with E-state index in [0.717, 1.165) is 51.4 Å². The van der Waals surface area contributed by atoms with Gasteiger partial charge in [-0.2, -0.15) is 0 Å². The molecule has 0 aliphatic heterocycles. The summed E-state index contributed by atoms with van der Waals surface area (Å²) in [7, 11) is 1.31. The number of phosphoric acid groups is 1. The van der Waals surface area contributed by atoms with Gasteiger partial charge in [-0.3, -0.25) is 9.36 Å². The highest BCUT2D eigenvalue weighted by atomic mass is 31.2. The summed E-state index contributed by atoms with van der Waals surface area (Å²) in [6, 6.07) is -0.796. The number of likely N-dealkylation sites (N-methyl/N-ethyl adjacent to an activating group) is 1. The van der Waals surface area contributed by atoms with Crippen LogP contribution in [0.2, 0.25) is 0 Å². The molecule has 0 aromatic heterocycles. The van der Waals surface area contributed by atoms with Crippen molar-refractivity contribution in [2.45, 2.75) is 264 Å². The van der Waals surface area contributed by atoms with Crippen molar-refractivity contribution in [2.24, 2.45) is 0 Å². The maximum atomic E-state index is 12.9. The van der Waals surface area contributed by atoms with Gasteiger partial charge in [0.1, 0.15) is 13.2 Å². The Labute approximate surface area is 391 Å². The minimum Gasteiger partial charge on any atom is -0.756 e. The summed E-state index contributed by atoms with van der Waals surface area (Å²) in [6.45, 7) is 4.68. The number of hydrogen-bond donors (Lipinski definition) is 2. The van der Waals surface area contributed by atoms with Crippen LogP contribution in [-0.2, 0) is 18.4 Å². The fourth-order valence-electron chi connectivity index (χ4n) is 7.87. The van der Waals surface area contributed by atoms with Gasteiger partial charge < -0.3 is 28.8 Å². The van der Waals surface area contributed by atoms with Crippen LogP contribution >= 0.6 is 7.82 Å². The van der Waals surface area contributed by atoms with Crippen LogP contribution in [-0.4, -0.2) is 68.5 Å². The number of allylic oxidation sites excluding steroid dienone is 6. The molecule has 0 saturated carbocycles. The predicted molar refractivity (Wildman–Crippen MR) is 270 cm³/mol. The van der Waals surface area contributed by atoms with Crippen molar-refractivity contribution in [3.63, 3.8) is 0 Å². The number of rotatable bonds is 49. The van der Waals surface area contributed by atoms with Crippen molar-refractivity contribution < 1.29 is 32.9 Å². The predicted octanol–water partition coefficient (Wildman–Crippen LogP) is 15.2. The van der Waals surface area contributed by atoms with Crippen molar-refractivity contribution in [1.29, 1.82) is 0 Å². The van der Waals surface area contributed by atoms with Gasteiger partial charge in [0.25, 0.3) is 7.82 Å². The molecule has 0 saturated heterocycles. The molecule has 0 rings (SSSR count). The first-order valence-electron chi connectivity index (χ1n) is 26.8. The Morgan fingerprint density at radius 1 is 0.556 bits per heavy atom. The number of aliphatic hydroxyl groups excluding tert-OH is 1. The Balaban J connectivity index is 3.89. The molecule has 0 spiro atoms. The Morgan fingerprint density at radius 3 is 1.33 bits per heavy atom. The average Bonchev–Trinajstić information content (AvgIpc) is 3.24. The maximum Gasteiger partial charge on any atom is 0.268 e. The summed E-state index contributed by atoms with van der Waals surface area (Å²) in [5, 5.41) is 13.9. The Kier molecular flexibility index (Phi) is 44.9. The molecular formula is C54H105N2O6P.